The molecule has 0 aromatic heterocycles. The molecule has 2 aromatic rings. The average Bonchev–Trinajstić information content (AvgIpc) is 2.93. The van der Waals surface area contributed by atoms with Crippen molar-refractivity contribution in [3.8, 4) is 11.5 Å². The molecule has 0 saturated carbocycles. The fourth-order valence-electron chi connectivity index (χ4n) is 4.39. The van der Waals surface area contributed by atoms with Gasteiger partial charge in [0.25, 0.3) is 5.91 Å². The van der Waals surface area contributed by atoms with Crippen LogP contribution in [0.5, 0.6) is 11.5 Å². The van der Waals surface area contributed by atoms with Gasteiger partial charge in [-0.15, -0.1) is 0 Å². The third-order valence-corrected chi connectivity index (χ3v) is 5.83. The first-order chi connectivity index (χ1) is 14.2. The van der Waals surface area contributed by atoms with Crippen LogP contribution in [0.3, 0.4) is 0 Å². The Morgan fingerprint density at radius 3 is 2.62 bits per heavy atom. The number of carbonyl (C=O) groups excluding carboxylic acids is 1. The summed E-state index contributed by atoms with van der Waals surface area (Å²) in [7, 11) is 3.33. The van der Waals surface area contributed by atoms with Crippen LogP contribution in [0.15, 0.2) is 48.5 Å². The molecule has 2 saturated heterocycles. The lowest BCUT2D eigenvalue weighted by Crippen LogP contribution is -2.47. The Kier molecular flexibility index (Phi) is 6.02. The van der Waals surface area contributed by atoms with Crippen molar-refractivity contribution in [2.24, 2.45) is 5.92 Å². The molecule has 2 aliphatic rings. The van der Waals surface area contributed by atoms with Gasteiger partial charge in [-0.25, -0.2) is 0 Å². The zero-order valence-corrected chi connectivity index (χ0v) is 17.0. The largest absolute Gasteiger partial charge is 0.493 e. The number of amides is 1. The van der Waals surface area contributed by atoms with Gasteiger partial charge in [-0.1, -0.05) is 30.3 Å². The highest BCUT2D eigenvalue weighted by molar-refractivity contribution is 5.94. The van der Waals surface area contributed by atoms with E-state index in [0.717, 1.165) is 48.8 Å². The second kappa shape index (κ2) is 8.84. The topological polar surface area (TPSA) is 51.2 Å². The summed E-state index contributed by atoms with van der Waals surface area (Å²) in [4.78, 5) is 16.9. The number of fused-ring (bicyclic) bond motifs is 1. The highest BCUT2D eigenvalue weighted by Gasteiger charge is 2.36. The monoisotopic (exact) mass is 396 g/mol. The Hall–Kier alpha value is -2.57. The van der Waals surface area contributed by atoms with Crippen molar-refractivity contribution >= 4 is 11.6 Å². The molecule has 2 atom stereocenters. The molecule has 2 aromatic carbocycles. The lowest BCUT2D eigenvalue weighted by atomic mass is 9.93. The molecule has 0 radical (unpaired) electrons. The van der Waals surface area contributed by atoms with E-state index in [4.69, 9.17) is 14.2 Å². The molecule has 0 unspecified atom stereocenters. The van der Waals surface area contributed by atoms with Crippen molar-refractivity contribution in [3.05, 3.63) is 54.1 Å². The first-order valence-corrected chi connectivity index (χ1v) is 10.1. The van der Waals surface area contributed by atoms with Crippen LogP contribution in [0.2, 0.25) is 0 Å². The van der Waals surface area contributed by atoms with Crippen LogP contribution < -0.4 is 14.4 Å². The minimum Gasteiger partial charge on any atom is -0.493 e. The Morgan fingerprint density at radius 2 is 1.86 bits per heavy atom. The van der Waals surface area contributed by atoms with Crippen LogP contribution in [-0.4, -0.2) is 57.4 Å². The summed E-state index contributed by atoms with van der Waals surface area (Å²) in [6.45, 7) is 3.42. The molecule has 0 bridgehead atoms. The zero-order chi connectivity index (χ0) is 20.2. The minimum atomic E-state index is 0.0339. The van der Waals surface area contributed by atoms with Gasteiger partial charge < -0.3 is 19.1 Å². The van der Waals surface area contributed by atoms with Gasteiger partial charge in [0, 0.05) is 43.3 Å². The van der Waals surface area contributed by atoms with E-state index in [2.05, 4.69) is 11.0 Å². The number of hydrogen-bond acceptors (Lipinski definition) is 5. The summed E-state index contributed by atoms with van der Waals surface area (Å²) in [5, 5.41) is 0. The standard InChI is InChI=1S/C23H28N2O4/c1-27-21-10-6-7-17(23(21)28-2)13-24-12-11-20-18(14-24)15-25(22(26)16-29-20)19-8-4-3-5-9-19/h3-10,18,20H,11-16H2,1-2H3/t18-,20+/m1/s1. The van der Waals surface area contributed by atoms with E-state index in [1.807, 2.05) is 47.4 Å². The van der Waals surface area contributed by atoms with Crippen LogP contribution in [0.1, 0.15) is 12.0 Å². The Labute approximate surface area is 172 Å². The average molecular weight is 396 g/mol. The molecule has 2 fully saturated rings. The number of nitrogens with zero attached hydrogens (tertiary/aromatic N) is 2. The van der Waals surface area contributed by atoms with Gasteiger partial charge in [0.15, 0.2) is 11.5 Å². The van der Waals surface area contributed by atoms with Gasteiger partial charge in [-0.2, -0.15) is 0 Å². The number of benzene rings is 2. The summed E-state index contributed by atoms with van der Waals surface area (Å²) in [5.74, 6) is 1.84. The minimum absolute atomic E-state index is 0.0339. The lowest BCUT2D eigenvalue weighted by molar-refractivity contribution is -0.124. The van der Waals surface area contributed by atoms with E-state index in [1.165, 1.54) is 0 Å². The van der Waals surface area contributed by atoms with E-state index in [9.17, 15) is 4.79 Å². The molecule has 154 valence electrons. The lowest BCUT2D eigenvalue weighted by Gasteiger charge is -2.38. The SMILES string of the molecule is COc1cccc(CN2CC[C@@H]3OCC(=O)N(c4ccccc4)C[C@H]3C2)c1OC. The van der Waals surface area contributed by atoms with E-state index in [-0.39, 0.29) is 24.5 Å². The number of anilines is 1. The second-order valence-electron chi connectivity index (χ2n) is 7.63. The Morgan fingerprint density at radius 1 is 1.03 bits per heavy atom. The van der Waals surface area contributed by atoms with Crippen molar-refractivity contribution in [3.63, 3.8) is 0 Å². The van der Waals surface area contributed by atoms with Crippen LogP contribution in [-0.2, 0) is 16.1 Å². The third-order valence-electron chi connectivity index (χ3n) is 5.83. The zero-order valence-electron chi connectivity index (χ0n) is 17.0. The van der Waals surface area contributed by atoms with Crippen molar-refractivity contribution in [1.82, 2.24) is 4.90 Å². The van der Waals surface area contributed by atoms with Gasteiger partial charge in [-0.05, 0) is 24.6 Å². The first-order valence-electron chi connectivity index (χ1n) is 10.1. The van der Waals surface area contributed by atoms with Crippen LogP contribution >= 0.6 is 0 Å². The maximum absolute atomic E-state index is 12.6. The molecule has 0 spiro atoms. The highest BCUT2D eigenvalue weighted by Crippen LogP contribution is 2.33. The Bertz CT molecular complexity index is 842. The van der Waals surface area contributed by atoms with E-state index < -0.39 is 0 Å². The smallest absolute Gasteiger partial charge is 0.252 e. The fourth-order valence-corrected chi connectivity index (χ4v) is 4.39. The number of ether oxygens (including phenoxy) is 3. The number of rotatable bonds is 5. The number of piperidine rings is 1. The van der Waals surface area contributed by atoms with Gasteiger partial charge >= 0.3 is 0 Å². The van der Waals surface area contributed by atoms with Gasteiger partial charge in [0.2, 0.25) is 0 Å². The van der Waals surface area contributed by atoms with Crippen LogP contribution in [0.4, 0.5) is 5.69 Å². The summed E-state index contributed by atoms with van der Waals surface area (Å²) < 4.78 is 17.0. The second-order valence-corrected chi connectivity index (χ2v) is 7.63. The van der Waals surface area contributed by atoms with E-state index in [1.54, 1.807) is 14.2 Å². The van der Waals surface area contributed by atoms with Crippen molar-refractivity contribution in [2.75, 3.05) is 45.4 Å². The molecule has 0 N–H and O–H groups in total. The Balaban J connectivity index is 1.50. The predicted molar refractivity (Wildman–Crippen MR) is 111 cm³/mol. The number of para-hydroxylation sites is 2. The van der Waals surface area contributed by atoms with Crippen molar-refractivity contribution < 1.29 is 19.0 Å². The van der Waals surface area contributed by atoms with Crippen LogP contribution in [0.25, 0.3) is 0 Å². The number of hydrogen-bond donors (Lipinski definition) is 0. The predicted octanol–water partition coefficient (Wildman–Crippen LogP) is 2.96. The fraction of sp³-hybridized carbons (Fsp3) is 0.435. The number of carbonyl (C=O) groups is 1. The molecular weight excluding hydrogens is 368 g/mol. The summed E-state index contributed by atoms with van der Waals surface area (Å²) in [6.07, 6.45) is 1.04. The maximum Gasteiger partial charge on any atom is 0.252 e. The maximum atomic E-state index is 12.6. The molecule has 2 aliphatic heterocycles. The van der Waals surface area contributed by atoms with Gasteiger partial charge in [0.05, 0.1) is 20.3 Å². The van der Waals surface area contributed by atoms with E-state index >= 15 is 0 Å². The number of methoxy groups -OCH3 is 2. The first kappa shape index (κ1) is 19.7. The molecule has 6 heteroatoms. The quantitative estimate of drug-likeness (QED) is 0.778. The summed E-state index contributed by atoms with van der Waals surface area (Å²) >= 11 is 0. The van der Waals surface area contributed by atoms with Gasteiger partial charge in [-0.3, -0.25) is 9.69 Å². The molecule has 0 aliphatic carbocycles. The summed E-state index contributed by atoms with van der Waals surface area (Å²) in [5.41, 5.74) is 2.05. The van der Waals surface area contributed by atoms with Crippen molar-refractivity contribution in [1.29, 1.82) is 0 Å². The molecule has 2 heterocycles. The van der Waals surface area contributed by atoms with Gasteiger partial charge in [0.1, 0.15) is 6.61 Å². The molecule has 4 rings (SSSR count). The van der Waals surface area contributed by atoms with E-state index in [0.29, 0.717) is 6.54 Å². The molecule has 1 amide bonds. The van der Waals surface area contributed by atoms with Crippen molar-refractivity contribution in [2.45, 2.75) is 19.1 Å². The normalized spacial score (nSPS) is 22.7. The molecular formula is C23H28N2O4. The summed E-state index contributed by atoms with van der Waals surface area (Å²) in [6, 6.07) is 15.9. The number of likely N-dealkylation sites (tertiary alicyclic amines) is 1. The van der Waals surface area contributed by atoms with Crippen LogP contribution in [0, 0.1) is 5.92 Å². The molecule has 29 heavy (non-hydrogen) atoms. The highest BCUT2D eigenvalue weighted by atomic mass is 16.5. The third kappa shape index (κ3) is 4.23. The molecule has 6 nitrogen and oxygen atoms in total.